The highest BCUT2D eigenvalue weighted by Gasteiger charge is 2.44. The van der Waals surface area contributed by atoms with Crippen LogP contribution in [0.4, 0.5) is 0 Å². The zero-order valence-electron chi connectivity index (χ0n) is 19.7. The third kappa shape index (κ3) is 5.76. The molecule has 0 radical (unpaired) electrons. The fourth-order valence-corrected chi connectivity index (χ4v) is 5.93. The summed E-state index contributed by atoms with van der Waals surface area (Å²) in [6, 6.07) is 3.46. The second-order valence-electron chi connectivity index (χ2n) is 8.74. The first-order chi connectivity index (χ1) is 16.0. The molecule has 0 aliphatic carbocycles. The number of benzene rings is 1. The number of ether oxygens (including phenoxy) is 2. The number of nitrogens with zero attached hydrogens (tertiary/aromatic N) is 2. The predicted octanol–water partition coefficient (Wildman–Crippen LogP) is 0.772. The Morgan fingerprint density at radius 3 is 2.35 bits per heavy atom. The Morgan fingerprint density at radius 2 is 1.74 bits per heavy atom. The quantitative estimate of drug-likeness (QED) is 0.548. The summed E-state index contributed by atoms with van der Waals surface area (Å²) in [5.41, 5.74) is 1.72. The van der Waals surface area contributed by atoms with Crippen molar-refractivity contribution in [1.82, 2.24) is 9.21 Å². The number of piperidine rings is 1. The lowest BCUT2D eigenvalue weighted by atomic mass is 9.97. The van der Waals surface area contributed by atoms with Crippen LogP contribution in [0.15, 0.2) is 23.1 Å². The van der Waals surface area contributed by atoms with Gasteiger partial charge >= 0.3 is 11.9 Å². The van der Waals surface area contributed by atoms with Crippen LogP contribution in [0.1, 0.15) is 37.3 Å². The van der Waals surface area contributed by atoms with E-state index in [-0.39, 0.29) is 29.7 Å². The molecular formula is C23H32N2O8S. The number of rotatable bonds is 7. The van der Waals surface area contributed by atoms with Gasteiger partial charge < -0.3 is 19.5 Å². The number of hydrogen-bond donors (Lipinski definition) is 1. The largest absolute Gasteiger partial charge is 0.466 e. The Morgan fingerprint density at radius 1 is 1.06 bits per heavy atom. The first-order valence-corrected chi connectivity index (χ1v) is 12.9. The average molecular weight is 497 g/mol. The second-order valence-corrected chi connectivity index (χ2v) is 10.6. The third-order valence-electron chi connectivity index (χ3n) is 6.40. The van der Waals surface area contributed by atoms with Gasteiger partial charge in [-0.15, -0.1) is 0 Å². The van der Waals surface area contributed by atoms with Crippen molar-refractivity contribution in [3.8, 4) is 0 Å². The zero-order chi connectivity index (χ0) is 25.0. The van der Waals surface area contributed by atoms with Crippen molar-refractivity contribution in [3.05, 3.63) is 29.3 Å². The highest BCUT2D eigenvalue weighted by Crippen LogP contribution is 2.28. The Kier molecular flexibility index (Phi) is 8.32. The number of hydrogen-bond acceptors (Lipinski definition) is 8. The molecule has 10 nitrogen and oxygen atoms in total. The molecule has 0 spiro atoms. The topological polar surface area (TPSA) is 131 Å². The van der Waals surface area contributed by atoms with Crippen molar-refractivity contribution < 1.29 is 37.4 Å². The minimum atomic E-state index is -4.05. The van der Waals surface area contributed by atoms with E-state index >= 15 is 0 Å². The minimum absolute atomic E-state index is 0.0306. The summed E-state index contributed by atoms with van der Waals surface area (Å²) < 4.78 is 37.5. The van der Waals surface area contributed by atoms with Crippen molar-refractivity contribution in [2.24, 2.45) is 5.92 Å². The lowest BCUT2D eigenvalue weighted by molar-refractivity contribution is -0.156. The monoisotopic (exact) mass is 496 g/mol. The smallest absolute Gasteiger partial charge is 0.325 e. The number of carbonyl (C=O) groups is 3. The summed E-state index contributed by atoms with van der Waals surface area (Å²) in [5, 5.41) is 10.1. The molecule has 1 aromatic carbocycles. The van der Waals surface area contributed by atoms with Crippen LogP contribution in [0.25, 0.3) is 0 Å². The molecule has 0 bridgehead atoms. The fraction of sp³-hybridized carbons (Fsp3) is 0.609. The summed E-state index contributed by atoms with van der Waals surface area (Å²) >= 11 is 0. The number of β-amino-alcohol motifs (C(OH)–C–C–N with tert-alkyl or cyclic N) is 1. The summed E-state index contributed by atoms with van der Waals surface area (Å²) in [5.74, 6) is -1.82. The van der Waals surface area contributed by atoms with Crippen molar-refractivity contribution >= 4 is 27.9 Å². The number of amides is 1. The molecule has 1 amide bonds. The van der Waals surface area contributed by atoms with Gasteiger partial charge in [0, 0.05) is 26.1 Å². The summed E-state index contributed by atoms with van der Waals surface area (Å²) in [4.78, 5) is 38.6. The molecule has 1 N–H and O–H groups in total. The summed E-state index contributed by atoms with van der Waals surface area (Å²) in [6.45, 7) is 5.62. The Hall–Kier alpha value is -2.50. The maximum absolute atomic E-state index is 13.2. The Balaban J connectivity index is 1.60. The van der Waals surface area contributed by atoms with Crippen molar-refractivity contribution in [2.75, 3.05) is 32.8 Å². The van der Waals surface area contributed by atoms with Gasteiger partial charge in [0.05, 0.1) is 23.5 Å². The molecule has 11 heteroatoms. The van der Waals surface area contributed by atoms with Crippen LogP contribution in [-0.2, 0) is 33.9 Å². The van der Waals surface area contributed by atoms with Crippen molar-refractivity contribution in [3.63, 3.8) is 0 Å². The molecule has 188 valence electrons. The van der Waals surface area contributed by atoms with Gasteiger partial charge in [0.1, 0.15) is 6.04 Å². The summed E-state index contributed by atoms with van der Waals surface area (Å²) in [7, 11) is -4.05. The molecule has 2 aliphatic heterocycles. The number of aliphatic hydroxyl groups excluding tert-OH is 1. The first kappa shape index (κ1) is 26.1. The SMILES string of the molecule is CCOC(=O)C1CCN(C(=O)COC(=O)C2CC(O)CN2S(=O)(=O)c2ccc(C)c(C)c2)CC1. The van der Waals surface area contributed by atoms with Gasteiger partial charge in [-0.25, -0.2) is 8.42 Å². The predicted molar refractivity (Wildman–Crippen MR) is 121 cm³/mol. The molecule has 2 saturated heterocycles. The Bertz CT molecular complexity index is 1030. The molecule has 2 aliphatic rings. The van der Waals surface area contributed by atoms with E-state index in [0.29, 0.717) is 32.5 Å². The van der Waals surface area contributed by atoms with E-state index in [4.69, 9.17) is 9.47 Å². The summed E-state index contributed by atoms with van der Waals surface area (Å²) in [6.07, 6.45) is -0.191. The normalized spacial score (nSPS) is 21.9. The van der Waals surface area contributed by atoms with Gasteiger partial charge in [0.2, 0.25) is 10.0 Å². The van der Waals surface area contributed by atoms with Crippen LogP contribution >= 0.6 is 0 Å². The molecule has 34 heavy (non-hydrogen) atoms. The average Bonchev–Trinajstić information content (AvgIpc) is 3.22. The maximum Gasteiger partial charge on any atom is 0.325 e. The molecule has 1 aromatic rings. The van der Waals surface area contributed by atoms with Gasteiger partial charge in [0.15, 0.2) is 6.61 Å². The molecule has 2 unspecified atom stereocenters. The van der Waals surface area contributed by atoms with E-state index in [1.54, 1.807) is 19.9 Å². The standard InChI is InChI=1S/C23H32N2O8S/c1-4-32-22(28)17-7-9-24(10-8-17)21(27)14-33-23(29)20-12-18(26)13-25(20)34(30,31)19-6-5-15(2)16(3)11-19/h5-6,11,17-18,20,26H,4,7-10,12-14H2,1-3H3. The number of likely N-dealkylation sites (tertiary alicyclic amines) is 1. The van der Waals surface area contributed by atoms with Crippen LogP contribution in [0.5, 0.6) is 0 Å². The number of aryl methyl sites for hydroxylation is 2. The first-order valence-electron chi connectivity index (χ1n) is 11.4. The van der Waals surface area contributed by atoms with Crippen molar-refractivity contribution in [2.45, 2.75) is 57.1 Å². The van der Waals surface area contributed by atoms with Crippen molar-refractivity contribution in [1.29, 1.82) is 0 Å². The van der Waals surface area contributed by atoms with Crippen LogP contribution in [-0.4, -0.2) is 85.6 Å². The number of esters is 2. The van der Waals surface area contributed by atoms with E-state index in [0.717, 1.165) is 15.4 Å². The molecule has 2 heterocycles. The fourth-order valence-electron chi connectivity index (χ4n) is 4.22. The molecule has 2 fully saturated rings. The van der Waals surface area contributed by atoms with E-state index in [9.17, 15) is 27.9 Å². The Labute approximate surface area is 199 Å². The maximum atomic E-state index is 13.2. The van der Waals surface area contributed by atoms with E-state index in [1.807, 2.05) is 6.92 Å². The number of aliphatic hydroxyl groups is 1. The highest BCUT2D eigenvalue weighted by molar-refractivity contribution is 7.89. The lowest BCUT2D eigenvalue weighted by Crippen LogP contribution is -2.44. The van der Waals surface area contributed by atoms with E-state index < -0.39 is 40.7 Å². The van der Waals surface area contributed by atoms with Crippen LogP contribution in [0.3, 0.4) is 0 Å². The molecular weight excluding hydrogens is 464 g/mol. The van der Waals surface area contributed by atoms with E-state index in [2.05, 4.69) is 0 Å². The molecule has 0 saturated carbocycles. The van der Waals surface area contributed by atoms with Gasteiger partial charge in [-0.3, -0.25) is 14.4 Å². The lowest BCUT2D eigenvalue weighted by Gasteiger charge is -2.31. The molecule has 0 aromatic heterocycles. The van der Waals surface area contributed by atoms with Gasteiger partial charge in [-0.05, 0) is 56.9 Å². The highest BCUT2D eigenvalue weighted by atomic mass is 32.2. The number of carbonyl (C=O) groups excluding carboxylic acids is 3. The van der Waals surface area contributed by atoms with Crippen LogP contribution < -0.4 is 0 Å². The molecule has 3 rings (SSSR count). The second kappa shape index (κ2) is 10.8. The van der Waals surface area contributed by atoms with Gasteiger partial charge in [-0.2, -0.15) is 4.31 Å². The minimum Gasteiger partial charge on any atom is -0.466 e. The number of sulfonamides is 1. The molecule has 2 atom stereocenters. The van der Waals surface area contributed by atoms with Crippen LogP contribution in [0.2, 0.25) is 0 Å². The zero-order valence-corrected chi connectivity index (χ0v) is 20.5. The van der Waals surface area contributed by atoms with Crippen LogP contribution in [0, 0.1) is 19.8 Å². The van der Waals surface area contributed by atoms with Gasteiger partial charge in [-0.1, -0.05) is 6.07 Å². The van der Waals surface area contributed by atoms with E-state index in [1.165, 1.54) is 17.0 Å². The van der Waals surface area contributed by atoms with Gasteiger partial charge in [0.25, 0.3) is 5.91 Å². The third-order valence-corrected chi connectivity index (χ3v) is 8.27.